The molecule has 0 aliphatic carbocycles. The van der Waals surface area contributed by atoms with E-state index >= 15 is 0 Å². The minimum absolute atomic E-state index is 0.894. The first kappa shape index (κ1) is 64.1. The summed E-state index contributed by atoms with van der Waals surface area (Å²) >= 11 is 0. The van der Waals surface area contributed by atoms with E-state index in [2.05, 4.69) is 0 Å². The Morgan fingerprint density at radius 1 is 0.218 bits per heavy atom. The monoisotopic (exact) mass is 1150 g/mol. The SMILES string of the molecule is OC[C@H]1O[C@H](OC[C@H]2O[C@H](O[C@@H]3[C@@H](O[C@@H]4[C@@H](O[C@H]5[C@@H](O)[C@H](O)[C@@H](CO)O[C@@H]5O)O[C@H](CO)[C@@H](O)[C@@H]4O)O[C@H](CO)[C@@H](O)[C@@H]3O)[C@@H](O)[C@@H](O[C@H]3O[C@H](CO)[C@@H](O)[C@H](O)[C@@H]3O[C@H]3O[C@H](CO)[C@@H](O)[C@H](O)[C@@H]3O)[C@@H]2O)[C@@H](O)[C@@H](O)[C@@H]1O. The number of hydrogen-bond donors (Lipinski definition) is 23. The van der Waals surface area contributed by atoms with Gasteiger partial charge >= 0.3 is 0 Å². The fourth-order valence-electron chi connectivity index (χ4n) is 9.81. The molecule has 78 heavy (non-hydrogen) atoms. The zero-order valence-electron chi connectivity index (χ0n) is 40.8. The molecule has 0 radical (unpaired) electrons. The van der Waals surface area contributed by atoms with Crippen LogP contribution in [0.15, 0.2) is 0 Å². The fourth-order valence-corrected chi connectivity index (χ4v) is 9.81. The van der Waals surface area contributed by atoms with Crippen molar-refractivity contribution in [1.82, 2.24) is 0 Å². The Balaban J connectivity index is 1.21. The molecule has 7 rings (SSSR count). The van der Waals surface area contributed by atoms with E-state index in [9.17, 15) is 117 Å². The van der Waals surface area contributed by atoms with Crippen molar-refractivity contribution in [3.8, 4) is 0 Å². The lowest BCUT2D eigenvalue weighted by Crippen LogP contribution is -2.69. The van der Waals surface area contributed by atoms with Gasteiger partial charge in [-0.2, -0.15) is 0 Å². The lowest BCUT2D eigenvalue weighted by molar-refractivity contribution is -0.413. The molecule has 7 saturated heterocycles. The van der Waals surface area contributed by atoms with E-state index in [0.717, 1.165) is 0 Å². The molecule has 0 aromatic rings. The number of ether oxygens (including phenoxy) is 13. The predicted molar refractivity (Wildman–Crippen MR) is 232 cm³/mol. The summed E-state index contributed by atoms with van der Waals surface area (Å²) in [6, 6.07) is 0. The normalized spacial score (nSPS) is 53.5. The zero-order chi connectivity index (χ0) is 57.3. The van der Waals surface area contributed by atoms with Gasteiger partial charge < -0.3 is 179 Å². The quantitative estimate of drug-likeness (QED) is 0.0571. The topological polar surface area (TPSA) is 585 Å². The summed E-state index contributed by atoms with van der Waals surface area (Å²) in [7, 11) is 0. The van der Waals surface area contributed by atoms with Crippen LogP contribution >= 0.6 is 0 Å². The van der Waals surface area contributed by atoms with E-state index in [4.69, 9.17) is 61.6 Å². The predicted octanol–water partition coefficient (Wildman–Crippen LogP) is -16.3. The van der Waals surface area contributed by atoms with Crippen LogP contribution in [0, 0.1) is 0 Å². The molecule has 456 valence electrons. The molecule has 7 aliphatic rings. The van der Waals surface area contributed by atoms with E-state index in [1.807, 2.05) is 0 Å². The molecule has 0 aromatic carbocycles. The molecule has 0 bridgehead atoms. The number of aliphatic hydroxyl groups excluding tert-OH is 23. The van der Waals surface area contributed by atoms with Crippen molar-refractivity contribution in [2.24, 2.45) is 0 Å². The molecule has 0 spiro atoms. The van der Waals surface area contributed by atoms with Crippen molar-refractivity contribution in [3.63, 3.8) is 0 Å². The summed E-state index contributed by atoms with van der Waals surface area (Å²) in [6.07, 6.45) is -71.9. The van der Waals surface area contributed by atoms with Crippen molar-refractivity contribution >= 4 is 0 Å². The van der Waals surface area contributed by atoms with Crippen LogP contribution in [-0.2, 0) is 61.6 Å². The Morgan fingerprint density at radius 3 is 0.885 bits per heavy atom. The van der Waals surface area contributed by atoms with E-state index < -0.39 is 261 Å². The van der Waals surface area contributed by atoms with Gasteiger partial charge in [-0.3, -0.25) is 0 Å². The van der Waals surface area contributed by atoms with Crippen molar-refractivity contribution in [1.29, 1.82) is 0 Å². The second kappa shape index (κ2) is 27.5. The molecule has 0 unspecified atom stereocenters. The molecular weight excluding hydrogens is 1080 g/mol. The maximum absolute atomic E-state index is 12.1. The van der Waals surface area contributed by atoms with Crippen molar-refractivity contribution in [2.45, 2.75) is 215 Å². The Bertz CT molecular complexity index is 1820. The average molecular weight is 1150 g/mol. The molecule has 0 aromatic heterocycles. The molecule has 7 heterocycles. The van der Waals surface area contributed by atoms with Gasteiger partial charge in [-0.1, -0.05) is 0 Å². The maximum Gasteiger partial charge on any atom is 0.187 e. The highest BCUT2D eigenvalue weighted by molar-refractivity contribution is 5.00. The van der Waals surface area contributed by atoms with E-state index in [0.29, 0.717) is 0 Å². The number of aliphatic hydroxyl groups is 23. The zero-order valence-corrected chi connectivity index (χ0v) is 40.8. The molecule has 36 heteroatoms. The van der Waals surface area contributed by atoms with Gasteiger partial charge in [0.05, 0.1) is 46.2 Å². The lowest BCUT2D eigenvalue weighted by atomic mass is 9.95. The summed E-state index contributed by atoms with van der Waals surface area (Å²) in [6.45, 7) is -6.95. The third kappa shape index (κ3) is 13.1. The smallest absolute Gasteiger partial charge is 0.187 e. The lowest BCUT2D eigenvalue weighted by Gasteiger charge is -2.50. The van der Waals surface area contributed by atoms with Gasteiger partial charge in [0, 0.05) is 0 Å². The first-order valence-electron chi connectivity index (χ1n) is 24.7. The Kier molecular flexibility index (Phi) is 22.6. The van der Waals surface area contributed by atoms with Gasteiger partial charge in [0.25, 0.3) is 0 Å². The Labute approximate surface area is 439 Å². The number of hydrogen-bond acceptors (Lipinski definition) is 36. The minimum Gasteiger partial charge on any atom is -0.394 e. The fraction of sp³-hybridized carbons (Fsp3) is 1.00. The average Bonchev–Trinajstić information content (AvgIpc) is 3.49. The van der Waals surface area contributed by atoms with Crippen LogP contribution in [0.2, 0.25) is 0 Å². The summed E-state index contributed by atoms with van der Waals surface area (Å²) in [4.78, 5) is 0. The molecule has 7 fully saturated rings. The molecule has 7 aliphatic heterocycles. The van der Waals surface area contributed by atoms with Crippen LogP contribution in [0.4, 0.5) is 0 Å². The van der Waals surface area contributed by atoms with Gasteiger partial charge in [0.2, 0.25) is 0 Å². The van der Waals surface area contributed by atoms with Crippen molar-refractivity contribution in [3.05, 3.63) is 0 Å². The second-order valence-electron chi connectivity index (χ2n) is 19.6. The Morgan fingerprint density at radius 2 is 0.487 bits per heavy atom. The molecule has 36 nitrogen and oxygen atoms in total. The van der Waals surface area contributed by atoms with Crippen LogP contribution < -0.4 is 0 Å². The number of rotatable bonds is 19. The molecule has 23 N–H and O–H groups in total. The van der Waals surface area contributed by atoms with E-state index in [-0.39, 0.29) is 0 Å². The highest BCUT2D eigenvalue weighted by Crippen LogP contribution is 2.38. The largest absolute Gasteiger partial charge is 0.394 e. The van der Waals surface area contributed by atoms with Gasteiger partial charge in [-0.25, -0.2) is 0 Å². The molecule has 35 atom stereocenters. The van der Waals surface area contributed by atoms with Gasteiger partial charge in [0.1, 0.15) is 171 Å². The minimum atomic E-state index is -2.47. The summed E-state index contributed by atoms with van der Waals surface area (Å²) in [5, 5.41) is 246. The van der Waals surface area contributed by atoms with Crippen LogP contribution in [-0.4, -0.2) is 379 Å². The summed E-state index contributed by atoms with van der Waals surface area (Å²) in [5.41, 5.74) is 0. The molecule has 0 amide bonds. The van der Waals surface area contributed by atoms with Gasteiger partial charge in [0.15, 0.2) is 44.0 Å². The third-order valence-electron chi connectivity index (χ3n) is 14.5. The first-order chi connectivity index (χ1) is 37.0. The highest BCUT2D eigenvalue weighted by atomic mass is 16.8. The van der Waals surface area contributed by atoms with E-state index in [1.165, 1.54) is 0 Å². The molecular formula is C42H72O36. The summed E-state index contributed by atoms with van der Waals surface area (Å²) in [5.74, 6) is 0. The van der Waals surface area contributed by atoms with Gasteiger partial charge in [-0.15, -0.1) is 0 Å². The van der Waals surface area contributed by atoms with Crippen molar-refractivity contribution < 1.29 is 179 Å². The van der Waals surface area contributed by atoms with Gasteiger partial charge in [-0.05, 0) is 0 Å². The Hall–Kier alpha value is -1.44. The molecule has 0 saturated carbocycles. The van der Waals surface area contributed by atoms with Crippen LogP contribution in [0.25, 0.3) is 0 Å². The first-order valence-corrected chi connectivity index (χ1v) is 24.7. The maximum atomic E-state index is 12.1. The standard InChI is InChI=1S/C42H72O36/c43-1-8-17(51)24(58)32(36(65)67-8)75-41-35(27(61)20(54)12(5-47)71-41)78-42-34(26(60)19(53)13(6-48)72-42)77-39-30(64)31(21(55)14(73-39)7-66-37-28(62)22(56)15(49)9(2-44)68-37)74-40-33(25(59)18(52)11(4-46)70-40)76-38-29(63)23(57)16(50)10(3-45)69-38/h8-65H,1-7H2/t8-,9-,10-,11-,12-,13-,14-,15-,16-,17-,18-,19-,20-,21-,22+,23+,24+,25+,26+,27+,28+,29+,30+,31+,32+,33+,34+,35+,36+,37+,38-,39-,40-,41-,42-/m1/s1. The third-order valence-corrected chi connectivity index (χ3v) is 14.5. The summed E-state index contributed by atoms with van der Waals surface area (Å²) < 4.78 is 73.7. The van der Waals surface area contributed by atoms with Crippen molar-refractivity contribution in [2.75, 3.05) is 46.2 Å². The highest BCUT2D eigenvalue weighted by Gasteiger charge is 2.59. The van der Waals surface area contributed by atoms with Crippen LogP contribution in [0.3, 0.4) is 0 Å². The van der Waals surface area contributed by atoms with Crippen LogP contribution in [0.1, 0.15) is 0 Å². The van der Waals surface area contributed by atoms with Crippen LogP contribution in [0.5, 0.6) is 0 Å². The second-order valence-corrected chi connectivity index (χ2v) is 19.6. The van der Waals surface area contributed by atoms with E-state index in [1.54, 1.807) is 0 Å².